The minimum atomic E-state index is -1.18. The first kappa shape index (κ1) is 23.9. The monoisotopic (exact) mass is 491 g/mol. The maximum absolute atomic E-state index is 12.8. The summed E-state index contributed by atoms with van der Waals surface area (Å²) >= 11 is 0. The van der Waals surface area contributed by atoms with Crippen LogP contribution in [0.4, 0.5) is 11.9 Å². The third-order valence-corrected chi connectivity index (χ3v) is 6.55. The van der Waals surface area contributed by atoms with Crippen molar-refractivity contribution in [2.75, 3.05) is 44.0 Å². The zero-order valence-corrected chi connectivity index (χ0v) is 20.0. The SMILES string of the molecule is CN(C(=O)[C@H](O)c1ccccc1)C1CC(Oc2cc(-c3cnc(N)nc3)nc(N3CCOCC3)n2)C1. The molecule has 0 unspecified atom stereocenters. The first-order valence-electron chi connectivity index (χ1n) is 11.9. The van der Waals surface area contributed by atoms with Crippen LogP contribution in [0.15, 0.2) is 48.8 Å². The first-order chi connectivity index (χ1) is 17.5. The Labute approximate surface area is 208 Å². The van der Waals surface area contributed by atoms with E-state index in [1.165, 1.54) is 0 Å². The highest BCUT2D eigenvalue weighted by Gasteiger charge is 2.38. The lowest BCUT2D eigenvalue weighted by molar-refractivity contribution is -0.144. The number of nitrogens with two attached hydrogens (primary N) is 1. The average Bonchev–Trinajstić information content (AvgIpc) is 2.90. The van der Waals surface area contributed by atoms with Crippen LogP contribution in [0.1, 0.15) is 24.5 Å². The van der Waals surface area contributed by atoms with E-state index in [4.69, 9.17) is 20.2 Å². The van der Waals surface area contributed by atoms with Crippen LogP contribution in [0.25, 0.3) is 11.3 Å². The molecule has 3 heterocycles. The van der Waals surface area contributed by atoms with Gasteiger partial charge in [-0.15, -0.1) is 0 Å². The molecule has 0 spiro atoms. The number of hydrogen-bond donors (Lipinski definition) is 2. The van der Waals surface area contributed by atoms with Crippen molar-refractivity contribution in [1.29, 1.82) is 0 Å². The molecule has 1 aliphatic carbocycles. The van der Waals surface area contributed by atoms with Gasteiger partial charge in [0.05, 0.1) is 18.9 Å². The van der Waals surface area contributed by atoms with Crippen LogP contribution in [0.3, 0.4) is 0 Å². The van der Waals surface area contributed by atoms with E-state index in [0.717, 1.165) is 0 Å². The lowest BCUT2D eigenvalue weighted by atomic mass is 9.87. The lowest BCUT2D eigenvalue weighted by Crippen LogP contribution is -2.51. The molecule has 2 fully saturated rings. The van der Waals surface area contributed by atoms with Gasteiger partial charge >= 0.3 is 0 Å². The summed E-state index contributed by atoms with van der Waals surface area (Å²) in [6, 6.07) is 10.7. The second kappa shape index (κ2) is 10.4. The number of likely N-dealkylation sites (N-methyl/N-ethyl adjacent to an activating group) is 1. The van der Waals surface area contributed by atoms with E-state index >= 15 is 0 Å². The largest absolute Gasteiger partial charge is 0.474 e. The van der Waals surface area contributed by atoms with E-state index in [9.17, 15) is 9.90 Å². The van der Waals surface area contributed by atoms with Crippen molar-refractivity contribution in [3.05, 3.63) is 54.4 Å². The molecule has 1 saturated heterocycles. The average molecular weight is 492 g/mol. The Morgan fingerprint density at radius 3 is 2.56 bits per heavy atom. The maximum Gasteiger partial charge on any atom is 0.256 e. The van der Waals surface area contributed by atoms with Crippen LogP contribution < -0.4 is 15.4 Å². The van der Waals surface area contributed by atoms with E-state index in [2.05, 4.69) is 19.9 Å². The van der Waals surface area contributed by atoms with Gasteiger partial charge in [0, 0.05) is 63.0 Å². The van der Waals surface area contributed by atoms with Gasteiger partial charge < -0.3 is 30.1 Å². The third-order valence-electron chi connectivity index (χ3n) is 6.55. The van der Waals surface area contributed by atoms with Gasteiger partial charge in [-0.05, 0) is 5.56 Å². The molecule has 11 nitrogen and oxygen atoms in total. The number of aliphatic hydroxyl groups is 1. The first-order valence-corrected chi connectivity index (χ1v) is 11.9. The number of benzene rings is 1. The van der Waals surface area contributed by atoms with Crippen molar-refractivity contribution in [2.24, 2.45) is 0 Å². The molecule has 3 N–H and O–H groups in total. The fraction of sp³-hybridized carbons (Fsp3) is 0.400. The molecule has 36 heavy (non-hydrogen) atoms. The Hall–Kier alpha value is -3.83. The van der Waals surface area contributed by atoms with Crippen LogP contribution in [-0.4, -0.2) is 81.3 Å². The number of carbonyl (C=O) groups is 1. The number of aliphatic hydroxyl groups excluding tert-OH is 1. The van der Waals surface area contributed by atoms with E-state index in [0.29, 0.717) is 67.8 Å². The van der Waals surface area contributed by atoms with Gasteiger partial charge in [-0.25, -0.2) is 15.0 Å². The summed E-state index contributed by atoms with van der Waals surface area (Å²) in [4.78, 5) is 33.9. The summed E-state index contributed by atoms with van der Waals surface area (Å²) in [7, 11) is 1.72. The molecular weight excluding hydrogens is 462 g/mol. The standard InChI is InChI=1S/C25H29N7O4/c1-31(23(34)22(33)16-5-3-2-4-6-16)18-11-19(12-18)36-21-13-20(17-14-27-24(26)28-15-17)29-25(30-21)32-7-9-35-10-8-32/h2-6,13-15,18-19,22,33H,7-12H2,1H3,(H2,26,27,28)/t18?,19?,22-/m1/s1. The summed E-state index contributed by atoms with van der Waals surface area (Å²) in [6.45, 7) is 2.58. The maximum atomic E-state index is 12.8. The van der Waals surface area contributed by atoms with Gasteiger partial charge in [0.1, 0.15) is 6.10 Å². The van der Waals surface area contributed by atoms with Gasteiger partial charge in [-0.1, -0.05) is 30.3 Å². The minimum Gasteiger partial charge on any atom is -0.474 e. The molecule has 11 heteroatoms. The van der Waals surface area contributed by atoms with Crippen molar-refractivity contribution in [3.8, 4) is 17.1 Å². The number of rotatable bonds is 7. The third kappa shape index (κ3) is 5.21. The summed E-state index contributed by atoms with van der Waals surface area (Å²) in [5, 5.41) is 10.5. The summed E-state index contributed by atoms with van der Waals surface area (Å²) < 4.78 is 11.7. The molecule has 1 amide bonds. The molecule has 5 rings (SSSR count). The van der Waals surface area contributed by atoms with Crippen molar-refractivity contribution in [1.82, 2.24) is 24.8 Å². The van der Waals surface area contributed by atoms with Crippen LogP contribution in [0, 0.1) is 0 Å². The molecule has 1 aliphatic heterocycles. The molecule has 1 aromatic carbocycles. The summed E-state index contributed by atoms with van der Waals surface area (Å²) in [5.74, 6) is 0.859. The number of hydrogen-bond acceptors (Lipinski definition) is 10. The number of anilines is 2. The Bertz CT molecular complexity index is 1180. The van der Waals surface area contributed by atoms with E-state index in [1.54, 1.807) is 54.7 Å². The van der Waals surface area contributed by atoms with E-state index in [1.807, 2.05) is 6.07 Å². The molecule has 188 valence electrons. The molecule has 2 aliphatic rings. The molecule has 0 bridgehead atoms. The second-order valence-electron chi connectivity index (χ2n) is 8.95. The number of ether oxygens (including phenoxy) is 2. The molecule has 1 saturated carbocycles. The highest BCUT2D eigenvalue weighted by molar-refractivity contribution is 5.82. The number of nitrogen functional groups attached to an aromatic ring is 1. The summed E-state index contributed by atoms with van der Waals surface area (Å²) in [5.41, 5.74) is 7.56. The van der Waals surface area contributed by atoms with Crippen LogP contribution in [0.5, 0.6) is 5.88 Å². The van der Waals surface area contributed by atoms with Crippen LogP contribution >= 0.6 is 0 Å². The zero-order valence-electron chi connectivity index (χ0n) is 20.0. The van der Waals surface area contributed by atoms with E-state index in [-0.39, 0.29) is 24.0 Å². The number of morpholine rings is 1. The smallest absolute Gasteiger partial charge is 0.256 e. The lowest BCUT2D eigenvalue weighted by Gasteiger charge is -2.41. The Kier molecular flexibility index (Phi) is 6.92. The minimum absolute atomic E-state index is 0.0219. The normalized spacial score (nSPS) is 20.3. The van der Waals surface area contributed by atoms with Crippen molar-refractivity contribution in [3.63, 3.8) is 0 Å². The predicted molar refractivity (Wildman–Crippen MR) is 132 cm³/mol. The Balaban J connectivity index is 1.27. The van der Waals surface area contributed by atoms with Crippen molar-refractivity contribution >= 4 is 17.8 Å². The van der Waals surface area contributed by atoms with E-state index < -0.39 is 6.10 Å². The zero-order chi connectivity index (χ0) is 25.1. The molecule has 1 atom stereocenters. The predicted octanol–water partition coefficient (Wildman–Crippen LogP) is 1.45. The summed E-state index contributed by atoms with van der Waals surface area (Å²) in [6.07, 6.45) is 3.23. The second-order valence-corrected chi connectivity index (χ2v) is 8.95. The number of amides is 1. The quantitative estimate of drug-likeness (QED) is 0.499. The topological polar surface area (TPSA) is 140 Å². The van der Waals surface area contributed by atoms with Crippen molar-refractivity contribution in [2.45, 2.75) is 31.1 Å². The van der Waals surface area contributed by atoms with Gasteiger partial charge in [-0.2, -0.15) is 4.98 Å². The molecular formula is C25H29N7O4. The number of aromatic nitrogens is 4. The van der Waals surface area contributed by atoms with Crippen LogP contribution in [-0.2, 0) is 9.53 Å². The molecule has 0 radical (unpaired) electrons. The highest BCUT2D eigenvalue weighted by atomic mass is 16.5. The fourth-order valence-corrected chi connectivity index (χ4v) is 4.27. The van der Waals surface area contributed by atoms with Gasteiger partial charge in [0.2, 0.25) is 17.8 Å². The Morgan fingerprint density at radius 1 is 1.17 bits per heavy atom. The number of carbonyl (C=O) groups excluding carboxylic acids is 1. The molecule has 2 aromatic heterocycles. The van der Waals surface area contributed by atoms with Crippen LogP contribution in [0.2, 0.25) is 0 Å². The van der Waals surface area contributed by atoms with Gasteiger partial charge in [0.25, 0.3) is 5.91 Å². The Morgan fingerprint density at radius 2 is 1.86 bits per heavy atom. The van der Waals surface area contributed by atoms with Crippen molar-refractivity contribution < 1.29 is 19.4 Å². The fourth-order valence-electron chi connectivity index (χ4n) is 4.27. The van der Waals surface area contributed by atoms with Gasteiger partial charge in [0.15, 0.2) is 6.10 Å². The highest BCUT2D eigenvalue weighted by Crippen LogP contribution is 2.32. The molecule has 3 aromatic rings. The van der Waals surface area contributed by atoms with Gasteiger partial charge in [-0.3, -0.25) is 4.79 Å². The number of nitrogens with zero attached hydrogens (tertiary/aromatic N) is 6.